The summed E-state index contributed by atoms with van der Waals surface area (Å²) in [4.78, 5) is 17.9. The van der Waals surface area contributed by atoms with Gasteiger partial charge in [-0.1, -0.05) is 73.4 Å². The van der Waals surface area contributed by atoms with E-state index in [2.05, 4.69) is 10.3 Å². The largest absolute Gasteiger partial charge is 0.294 e. The van der Waals surface area contributed by atoms with Crippen LogP contribution < -0.4 is 5.32 Å². The van der Waals surface area contributed by atoms with Gasteiger partial charge in [-0.25, -0.2) is 13.4 Å². The van der Waals surface area contributed by atoms with Crippen LogP contribution in [0.4, 0.5) is 5.95 Å². The first-order chi connectivity index (χ1) is 17.6. The Morgan fingerprint density at radius 1 is 0.973 bits per heavy atom. The highest BCUT2D eigenvalue weighted by Crippen LogP contribution is 2.26. The molecule has 0 bridgehead atoms. The molecule has 0 aliphatic rings. The Bertz CT molecular complexity index is 1490. The van der Waals surface area contributed by atoms with Crippen molar-refractivity contribution in [3.05, 3.63) is 95.1 Å². The van der Waals surface area contributed by atoms with E-state index in [-0.39, 0.29) is 29.9 Å². The number of hydrogen-bond donors (Lipinski definition) is 1. The minimum absolute atomic E-state index is 0.00648. The molecular weight excluding hydrogens is 531 g/mol. The summed E-state index contributed by atoms with van der Waals surface area (Å²) < 4.78 is 29.6. The fraction of sp³-hybridized carbons (Fsp3) is 0.185. The predicted molar refractivity (Wildman–Crippen MR) is 148 cm³/mol. The SMILES string of the molecule is CC(C)CN(CC(=O)Nc1nc(-c2ccccc2)cn1-c1cccc(Cl)c1)S(=O)(=O)c1ccc(Cl)cc1. The number of aromatic nitrogens is 2. The molecule has 7 nitrogen and oxygen atoms in total. The minimum atomic E-state index is -3.94. The van der Waals surface area contributed by atoms with Gasteiger partial charge < -0.3 is 0 Å². The first kappa shape index (κ1) is 26.9. The molecule has 1 N–H and O–H groups in total. The van der Waals surface area contributed by atoms with Crippen LogP contribution in [0.1, 0.15) is 13.8 Å². The van der Waals surface area contributed by atoms with Crippen LogP contribution in [0, 0.1) is 5.92 Å². The molecule has 1 aromatic heterocycles. The summed E-state index contributed by atoms with van der Waals surface area (Å²) >= 11 is 12.1. The first-order valence-corrected chi connectivity index (χ1v) is 13.8. The molecule has 0 aliphatic heterocycles. The zero-order chi connectivity index (χ0) is 26.6. The molecule has 192 valence electrons. The Morgan fingerprint density at radius 2 is 1.68 bits per heavy atom. The van der Waals surface area contributed by atoms with E-state index < -0.39 is 15.9 Å². The van der Waals surface area contributed by atoms with Crippen LogP contribution in [0.2, 0.25) is 10.0 Å². The highest BCUT2D eigenvalue weighted by Gasteiger charge is 2.28. The van der Waals surface area contributed by atoms with E-state index in [1.165, 1.54) is 28.6 Å². The van der Waals surface area contributed by atoms with E-state index >= 15 is 0 Å². The summed E-state index contributed by atoms with van der Waals surface area (Å²) in [5.74, 6) is -0.279. The van der Waals surface area contributed by atoms with Crippen molar-refractivity contribution in [3.8, 4) is 16.9 Å². The van der Waals surface area contributed by atoms with Gasteiger partial charge in [-0.05, 0) is 48.4 Å². The molecule has 0 spiro atoms. The normalized spacial score (nSPS) is 11.7. The Kier molecular flexibility index (Phi) is 8.34. The average molecular weight is 558 g/mol. The summed E-state index contributed by atoms with van der Waals surface area (Å²) in [5.41, 5.74) is 2.21. The lowest BCUT2D eigenvalue weighted by atomic mass is 10.2. The molecule has 1 amide bonds. The third-order valence-electron chi connectivity index (χ3n) is 5.45. The van der Waals surface area contributed by atoms with Crippen molar-refractivity contribution >= 4 is 45.1 Å². The summed E-state index contributed by atoms with van der Waals surface area (Å²) in [7, 11) is -3.94. The van der Waals surface area contributed by atoms with Crippen molar-refractivity contribution < 1.29 is 13.2 Å². The third-order valence-corrected chi connectivity index (χ3v) is 7.77. The number of sulfonamides is 1. The number of nitrogens with zero attached hydrogens (tertiary/aromatic N) is 3. The van der Waals surface area contributed by atoms with Gasteiger partial charge in [0.2, 0.25) is 21.9 Å². The van der Waals surface area contributed by atoms with E-state index in [9.17, 15) is 13.2 Å². The van der Waals surface area contributed by atoms with Crippen LogP contribution in [0.25, 0.3) is 16.9 Å². The van der Waals surface area contributed by atoms with Crippen LogP contribution in [0.15, 0.2) is 90.0 Å². The molecule has 1 heterocycles. The maximum absolute atomic E-state index is 13.3. The number of hydrogen-bond acceptors (Lipinski definition) is 4. The van der Waals surface area contributed by atoms with Gasteiger partial charge in [0, 0.05) is 34.0 Å². The van der Waals surface area contributed by atoms with Crippen molar-refractivity contribution in [2.75, 3.05) is 18.4 Å². The number of nitrogens with one attached hydrogen (secondary N) is 1. The van der Waals surface area contributed by atoms with E-state index in [4.69, 9.17) is 23.2 Å². The molecule has 0 aliphatic carbocycles. The summed E-state index contributed by atoms with van der Waals surface area (Å²) in [6.07, 6.45) is 1.80. The number of amides is 1. The van der Waals surface area contributed by atoms with Gasteiger partial charge in [-0.15, -0.1) is 0 Å². The molecule has 0 saturated carbocycles. The summed E-state index contributed by atoms with van der Waals surface area (Å²) in [5, 5.41) is 3.75. The predicted octanol–water partition coefficient (Wildman–Crippen LogP) is 6.13. The van der Waals surface area contributed by atoms with Crippen molar-refractivity contribution in [3.63, 3.8) is 0 Å². The van der Waals surface area contributed by atoms with E-state index in [1.54, 1.807) is 29.0 Å². The Hall–Kier alpha value is -3.17. The quantitative estimate of drug-likeness (QED) is 0.268. The second-order valence-corrected chi connectivity index (χ2v) is 11.7. The fourth-order valence-electron chi connectivity index (χ4n) is 3.77. The zero-order valence-corrected chi connectivity index (χ0v) is 22.6. The monoisotopic (exact) mass is 556 g/mol. The van der Waals surface area contributed by atoms with Gasteiger partial charge in [0.25, 0.3) is 0 Å². The molecule has 0 unspecified atom stereocenters. The maximum Gasteiger partial charge on any atom is 0.243 e. The van der Waals surface area contributed by atoms with Crippen molar-refractivity contribution in [2.24, 2.45) is 5.92 Å². The molecule has 10 heteroatoms. The van der Waals surface area contributed by atoms with Crippen LogP contribution in [-0.4, -0.2) is 41.3 Å². The van der Waals surface area contributed by atoms with Gasteiger partial charge in [0.1, 0.15) is 0 Å². The number of carbonyl (C=O) groups excluding carboxylic acids is 1. The van der Waals surface area contributed by atoms with Gasteiger partial charge in [-0.2, -0.15) is 4.31 Å². The molecule has 0 fully saturated rings. The lowest BCUT2D eigenvalue weighted by Gasteiger charge is -2.23. The minimum Gasteiger partial charge on any atom is -0.294 e. The highest BCUT2D eigenvalue weighted by molar-refractivity contribution is 7.89. The number of imidazole rings is 1. The van der Waals surface area contributed by atoms with Crippen molar-refractivity contribution in [1.29, 1.82) is 0 Å². The lowest BCUT2D eigenvalue weighted by molar-refractivity contribution is -0.116. The van der Waals surface area contributed by atoms with Gasteiger partial charge in [0.05, 0.1) is 17.1 Å². The van der Waals surface area contributed by atoms with E-state index in [1.807, 2.05) is 50.2 Å². The molecule has 37 heavy (non-hydrogen) atoms. The second-order valence-electron chi connectivity index (χ2n) is 8.86. The molecular formula is C27H26Cl2N4O3S. The molecule has 0 saturated heterocycles. The van der Waals surface area contributed by atoms with E-state index in [0.717, 1.165) is 5.56 Å². The number of benzene rings is 3. The summed E-state index contributed by atoms with van der Waals surface area (Å²) in [6.45, 7) is 3.56. The molecule has 4 rings (SSSR count). The van der Waals surface area contributed by atoms with Crippen molar-refractivity contribution in [1.82, 2.24) is 13.9 Å². The number of anilines is 1. The first-order valence-electron chi connectivity index (χ1n) is 11.6. The van der Waals surface area contributed by atoms with Gasteiger partial charge in [-0.3, -0.25) is 14.7 Å². The number of halogens is 2. The Balaban J connectivity index is 1.65. The zero-order valence-electron chi connectivity index (χ0n) is 20.3. The number of carbonyl (C=O) groups is 1. The smallest absolute Gasteiger partial charge is 0.243 e. The molecule has 0 atom stereocenters. The van der Waals surface area contributed by atoms with Crippen molar-refractivity contribution in [2.45, 2.75) is 18.7 Å². The maximum atomic E-state index is 13.3. The highest BCUT2D eigenvalue weighted by atomic mass is 35.5. The second kappa shape index (κ2) is 11.5. The number of rotatable bonds is 9. The average Bonchev–Trinajstić information content (AvgIpc) is 3.28. The fourth-order valence-corrected chi connectivity index (χ4v) is 5.64. The lowest BCUT2D eigenvalue weighted by Crippen LogP contribution is -2.40. The van der Waals surface area contributed by atoms with Crippen LogP contribution in [-0.2, 0) is 14.8 Å². The van der Waals surface area contributed by atoms with Gasteiger partial charge >= 0.3 is 0 Å². The van der Waals surface area contributed by atoms with Crippen LogP contribution in [0.3, 0.4) is 0 Å². The molecule has 0 radical (unpaired) electrons. The Morgan fingerprint density at radius 3 is 2.32 bits per heavy atom. The van der Waals surface area contributed by atoms with E-state index in [0.29, 0.717) is 21.4 Å². The molecule has 4 aromatic rings. The summed E-state index contributed by atoms with van der Waals surface area (Å²) in [6, 6.07) is 22.6. The van der Waals surface area contributed by atoms with Crippen LogP contribution in [0.5, 0.6) is 0 Å². The Labute approximate surface area is 226 Å². The van der Waals surface area contributed by atoms with Gasteiger partial charge in [0.15, 0.2) is 0 Å². The molecule has 3 aromatic carbocycles. The topological polar surface area (TPSA) is 84.3 Å². The standard InChI is InChI=1S/C27H26Cl2N4O3S/c1-19(2)16-32(37(35,36)24-13-11-21(28)12-14-24)18-26(34)31-27-30-25(20-7-4-3-5-8-20)17-33(27)23-10-6-9-22(29)15-23/h3-15,17,19H,16,18H2,1-2H3,(H,30,31,34). The van der Waals surface area contributed by atoms with Crippen LogP contribution >= 0.6 is 23.2 Å². The third kappa shape index (κ3) is 6.59.